The first-order valence-electron chi connectivity index (χ1n) is 9.66. The monoisotopic (exact) mass is 420 g/mol. The van der Waals surface area contributed by atoms with Crippen molar-refractivity contribution in [1.29, 1.82) is 0 Å². The average molecular weight is 421 g/mol. The summed E-state index contributed by atoms with van der Waals surface area (Å²) in [6.07, 6.45) is 1.13. The van der Waals surface area contributed by atoms with Gasteiger partial charge in [-0.15, -0.1) is 0 Å². The minimum atomic E-state index is 0.431. The Morgan fingerprint density at radius 2 is 1.96 bits per heavy atom. The molecule has 4 heterocycles. The maximum atomic E-state index is 4.45. The first-order chi connectivity index (χ1) is 12.7. The second-order valence-corrected chi connectivity index (χ2v) is 8.33. The molecule has 4 aliphatic rings. The zero-order chi connectivity index (χ0) is 17.9. The third kappa shape index (κ3) is 4.00. The molecule has 4 fully saturated rings. The fourth-order valence-electron chi connectivity index (χ4n) is 4.33. The van der Waals surface area contributed by atoms with Crippen molar-refractivity contribution in [3.05, 3.63) is 28.7 Å². The van der Waals surface area contributed by atoms with E-state index >= 15 is 0 Å². The highest BCUT2D eigenvalue weighted by Gasteiger charge is 2.32. The zero-order valence-corrected chi connectivity index (χ0v) is 17.1. The van der Waals surface area contributed by atoms with Crippen LogP contribution in [0.15, 0.2) is 33.7 Å². The molecule has 4 saturated heterocycles. The van der Waals surface area contributed by atoms with E-state index in [1.807, 2.05) is 7.05 Å². The van der Waals surface area contributed by atoms with Crippen molar-refractivity contribution in [2.75, 3.05) is 64.3 Å². The van der Waals surface area contributed by atoms with Crippen LogP contribution in [0.5, 0.6) is 0 Å². The SMILES string of the molecule is CN=C(NCC1CN2CCN1CC2)NC1CCN(c2ccccc2Br)C1. The number of nitrogens with one attached hydrogen (secondary N) is 2. The van der Waals surface area contributed by atoms with E-state index in [0.29, 0.717) is 12.1 Å². The van der Waals surface area contributed by atoms with E-state index in [1.54, 1.807) is 0 Å². The molecule has 26 heavy (non-hydrogen) atoms. The van der Waals surface area contributed by atoms with Gasteiger partial charge in [-0.3, -0.25) is 14.8 Å². The lowest BCUT2D eigenvalue weighted by Crippen LogP contribution is -2.64. The molecule has 5 rings (SSSR count). The Bertz CT molecular complexity index is 643. The molecule has 2 atom stereocenters. The second kappa shape index (κ2) is 8.15. The Labute approximate surface area is 164 Å². The van der Waals surface area contributed by atoms with Gasteiger partial charge in [0.1, 0.15) is 0 Å². The van der Waals surface area contributed by atoms with Gasteiger partial charge in [0, 0.05) is 76.0 Å². The van der Waals surface area contributed by atoms with Crippen LogP contribution in [-0.2, 0) is 0 Å². The number of aliphatic imine (C=N–C) groups is 1. The highest BCUT2D eigenvalue weighted by molar-refractivity contribution is 9.10. The summed E-state index contributed by atoms with van der Waals surface area (Å²) in [5.41, 5.74) is 1.28. The lowest BCUT2D eigenvalue weighted by molar-refractivity contribution is 0.0154. The Hall–Kier alpha value is -1.31. The van der Waals surface area contributed by atoms with Gasteiger partial charge in [-0.2, -0.15) is 0 Å². The van der Waals surface area contributed by atoms with Crippen LogP contribution < -0.4 is 15.5 Å². The van der Waals surface area contributed by atoms with E-state index in [1.165, 1.54) is 42.9 Å². The molecule has 0 radical (unpaired) electrons. The van der Waals surface area contributed by atoms with Gasteiger partial charge in [0.2, 0.25) is 0 Å². The van der Waals surface area contributed by atoms with Gasteiger partial charge in [-0.05, 0) is 34.5 Å². The van der Waals surface area contributed by atoms with E-state index in [9.17, 15) is 0 Å². The topological polar surface area (TPSA) is 46.1 Å². The summed E-state index contributed by atoms with van der Waals surface area (Å²) in [6, 6.07) is 9.50. The molecule has 7 heteroatoms. The summed E-state index contributed by atoms with van der Waals surface area (Å²) in [5, 5.41) is 7.18. The summed E-state index contributed by atoms with van der Waals surface area (Å²) in [4.78, 5) is 12.1. The van der Waals surface area contributed by atoms with Crippen LogP contribution in [0.1, 0.15) is 6.42 Å². The molecule has 0 amide bonds. The molecule has 2 bridgehead atoms. The smallest absolute Gasteiger partial charge is 0.191 e. The van der Waals surface area contributed by atoms with Crippen LogP contribution in [0.25, 0.3) is 0 Å². The normalized spacial score (nSPS) is 31.3. The lowest BCUT2D eigenvalue weighted by atomic mass is 10.1. The van der Waals surface area contributed by atoms with Gasteiger partial charge in [-0.1, -0.05) is 12.1 Å². The van der Waals surface area contributed by atoms with Gasteiger partial charge in [0.05, 0.1) is 5.69 Å². The molecule has 2 unspecified atom stereocenters. The molecule has 0 aromatic heterocycles. The van der Waals surface area contributed by atoms with Gasteiger partial charge >= 0.3 is 0 Å². The third-order valence-electron chi connectivity index (χ3n) is 5.84. The molecule has 142 valence electrons. The van der Waals surface area contributed by atoms with Crippen LogP contribution in [0.3, 0.4) is 0 Å². The van der Waals surface area contributed by atoms with Gasteiger partial charge < -0.3 is 15.5 Å². The van der Waals surface area contributed by atoms with Crippen LogP contribution in [0, 0.1) is 0 Å². The van der Waals surface area contributed by atoms with E-state index in [0.717, 1.165) is 32.0 Å². The largest absolute Gasteiger partial charge is 0.368 e. The van der Waals surface area contributed by atoms with Crippen LogP contribution in [-0.4, -0.2) is 87.2 Å². The second-order valence-electron chi connectivity index (χ2n) is 7.47. The molecule has 2 N–H and O–H groups in total. The first-order valence-corrected chi connectivity index (χ1v) is 10.5. The predicted octanol–water partition coefficient (Wildman–Crippen LogP) is 1.19. The molecule has 1 aromatic rings. The number of fused-ring (bicyclic) bond motifs is 3. The Morgan fingerprint density at radius 3 is 2.65 bits per heavy atom. The number of anilines is 1. The highest BCUT2D eigenvalue weighted by Crippen LogP contribution is 2.28. The molecule has 6 nitrogen and oxygen atoms in total. The number of hydrogen-bond donors (Lipinski definition) is 2. The molecular weight excluding hydrogens is 392 g/mol. The number of para-hydroxylation sites is 1. The van der Waals surface area contributed by atoms with E-state index < -0.39 is 0 Å². The number of benzene rings is 1. The van der Waals surface area contributed by atoms with Crippen molar-refractivity contribution >= 4 is 27.6 Å². The van der Waals surface area contributed by atoms with E-state index in [4.69, 9.17) is 0 Å². The predicted molar refractivity (Wildman–Crippen MR) is 111 cm³/mol. The Kier molecular flexibility index (Phi) is 5.66. The quantitative estimate of drug-likeness (QED) is 0.565. The number of piperazine rings is 3. The first kappa shape index (κ1) is 18.1. The van der Waals surface area contributed by atoms with Crippen molar-refractivity contribution in [3.8, 4) is 0 Å². The summed E-state index contributed by atoms with van der Waals surface area (Å²) in [6.45, 7) is 9.12. The fourth-order valence-corrected chi connectivity index (χ4v) is 4.86. The van der Waals surface area contributed by atoms with Crippen molar-refractivity contribution < 1.29 is 0 Å². The number of rotatable bonds is 4. The lowest BCUT2D eigenvalue weighted by Gasteiger charge is -2.47. The molecule has 0 spiro atoms. The molecule has 4 aliphatic heterocycles. The Balaban J connectivity index is 1.27. The fraction of sp³-hybridized carbons (Fsp3) is 0.632. The highest BCUT2D eigenvalue weighted by atomic mass is 79.9. The number of halogens is 1. The standard InChI is InChI=1S/C19H29BrN6/c1-21-19(22-12-16-14-24-8-10-25(16)11-9-24)23-15-6-7-26(13-15)18-5-3-2-4-17(18)20/h2-5,15-16H,6-14H2,1H3,(H2,21,22,23). The van der Waals surface area contributed by atoms with E-state index in [-0.39, 0.29) is 0 Å². The average Bonchev–Trinajstić information content (AvgIpc) is 3.14. The van der Waals surface area contributed by atoms with Crippen LogP contribution >= 0.6 is 15.9 Å². The minimum Gasteiger partial charge on any atom is -0.368 e. The summed E-state index contributed by atoms with van der Waals surface area (Å²) in [7, 11) is 1.87. The molecule has 0 saturated carbocycles. The van der Waals surface area contributed by atoms with Crippen LogP contribution in [0.4, 0.5) is 5.69 Å². The molecular formula is C19H29BrN6. The van der Waals surface area contributed by atoms with Gasteiger partial charge in [0.25, 0.3) is 0 Å². The van der Waals surface area contributed by atoms with Crippen molar-refractivity contribution in [3.63, 3.8) is 0 Å². The summed E-state index contributed by atoms with van der Waals surface area (Å²) in [5.74, 6) is 0.932. The number of guanidine groups is 1. The van der Waals surface area contributed by atoms with Crippen molar-refractivity contribution in [1.82, 2.24) is 20.4 Å². The Morgan fingerprint density at radius 1 is 1.15 bits per heavy atom. The summed E-state index contributed by atoms with van der Waals surface area (Å²) < 4.78 is 1.17. The maximum Gasteiger partial charge on any atom is 0.191 e. The van der Waals surface area contributed by atoms with Gasteiger partial charge in [-0.25, -0.2) is 0 Å². The molecule has 0 aliphatic carbocycles. The van der Waals surface area contributed by atoms with Crippen molar-refractivity contribution in [2.24, 2.45) is 4.99 Å². The number of nitrogens with zero attached hydrogens (tertiary/aromatic N) is 4. The van der Waals surface area contributed by atoms with E-state index in [2.05, 4.69) is 70.5 Å². The van der Waals surface area contributed by atoms with Crippen LogP contribution in [0.2, 0.25) is 0 Å². The minimum absolute atomic E-state index is 0.431. The van der Waals surface area contributed by atoms with Crippen molar-refractivity contribution in [2.45, 2.75) is 18.5 Å². The summed E-state index contributed by atoms with van der Waals surface area (Å²) >= 11 is 3.67. The third-order valence-corrected chi connectivity index (χ3v) is 6.51. The van der Waals surface area contributed by atoms with Gasteiger partial charge in [0.15, 0.2) is 5.96 Å². The molecule has 1 aromatic carbocycles. The maximum absolute atomic E-state index is 4.45. The zero-order valence-electron chi connectivity index (χ0n) is 15.5. The number of hydrogen-bond acceptors (Lipinski definition) is 4.